The van der Waals surface area contributed by atoms with Gasteiger partial charge in [-0.05, 0) is 50.1 Å². The second-order valence-corrected chi connectivity index (χ2v) is 4.78. The van der Waals surface area contributed by atoms with Crippen LogP contribution in [0.15, 0.2) is 36.7 Å². The number of carbonyl (C=O) groups is 1. The number of urea groups is 1. The number of pyridine rings is 2. The smallest absolute Gasteiger partial charge is 0.320 e. The van der Waals surface area contributed by atoms with Gasteiger partial charge in [-0.3, -0.25) is 10.3 Å². The van der Waals surface area contributed by atoms with Crippen molar-refractivity contribution in [3.8, 4) is 0 Å². The standard InChI is InChI=1S/C15H18N4O/c1-10-7-11(2)17-14(8-10)19-15(20)18-12(3)13-5-4-6-16-9-13/h4-9,12H,1-3H3,(H2,17,18,19,20). The van der Waals surface area contributed by atoms with Gasteiger partial charge in [-0.25, -0.2) is 9.78 Å². The molecule has 0 aliphatic carbocycles. The number of hydrogen-bond acceptors (Lipinski definition) is 3. The molecule has 0 aliphatic heterocycles. The molecule has 0 bridgehead atoms. The Morgan fingerprint density at radius 1 is 1.30 bits per heavy atom. The molecule has 0 radical (unpaired) electrons. The minimum atomic E-state index is -0.279. The van der Waals surface area contributed by atoms with Gasteiger partial charge in [0.25, 0.3) is 0 Å². The fraction of sp³-hybridized carbons (Fsp3) is 0.267. The molecule has 2 amide bonds. The SMILES string of the molecule is Cc1cc(C)nc(NC(=O)NC(C)c2cccnc2)c1. The maximum Gasteiger partial charge on any atom is 0.320 e. The molecule has 0 aliphatic rings. The van der Waals surface area contributed by atoms with Crippen LogP contribution in [0.2, 0.25) is 0 Å². The van der Waals surface area contributed by atoms with E-state index in [-0.39, 0.29) is 12.1 Å². The zero-order valence-electron chi connectivity index (χ0n) is 11.8. The summed E-state index contributed by atoms with van der Waals surface area (Å²) in [5.41, 5.74) is 2.89. The van der Waals surface area contributed by atoms with E-state index >= 15 is 0 Å². The van der Waals surface area contributed by atoms with Crippen LogP contribution in [0.25, 0.3) is 0 Å². The minimum Gasteiger partial charge on any atom is -0.331 e. The summed E-state index contributed by atoms with van der Waals surface area (Å²) in [6, 6.07) is 7.17. The van der Waals surface area contributed by atoms with E-state index in [0.29, 0.717) is 5.82 Å². The normalized spacial score (nSPS) is 11.8. The number of hydrogen-bond donors (Lipinski definition) is 2. The zero-order valence-corrected chi connectivity index (χ0v) is 11.8. The minimum absolute atomic E-state index is 0.116. The first kappa shape index (κ1) is 14.0. The van der Waals surface area contributed by atoms with Crippen LogP contribution in [0.5, 0.6) is 0 Å². The number of carbonyl (C=O) groups excluding carboxylic acids is 1. The summed E-state index contributed by atoms with van der Waals surface area (Å²) >= 11 is 0. The molecule has 0 spiro atoms. The molecule has 20 heavy (non-hydrogen) atoms. The Morgan fingerprint density at radius 2 is 2.10 bits per heavy atom. The largest absolute Gasteiger partial charge is 0.331 e. The molecule has 2 rings (SSSR count). The molecule has 1 atom stereocenters. The van der Waals surface area contributed by atoms with Gasteiger partial charge in [-0.15, -0.1) is 0 Å². The Hall–Kier alpha value is -2.43. The number of nitrogens with zero attached hydrogens (tertiary/aromatic N) is 2. The zero-order chi connectivity index (χ0) is 14.5. The molecule has 5 heteroatoms. The number of nitrogens with one attached hydrogen (secondary N) is 2. The predicted octanol–water partition coefficient (Wildman–Crippen LogP) is 2.98. The molecule has 2 aromatic heterocycles. The third-order valence-corrected chi connectivity index (χ3v) is 2.87. The van der Waals surface area contributed by atoms with Crippen molar-refractivity contribution in [2.75, 3.05) is 5.32 Å². The van der Waals surface area contributed by atoms with Gasteiger partial charge < -0.3 is 5.32 Å². The van der Waals surface area contributed by atoms with E-state index in [9.17, 15) is 4.79 Å². The molecule has 2 aromatic rings. The van der Waals surface area contributed by atoms with Crippen molar-refractivity contribution < 1.29 is 4.79 Å². The van der Waals surface area contributed by atoms with Gasteiger partial charge in [-0.1, -0.05) is 6.07 Å². The van der Waals surface area contributed by atoms with Gasteiger partial charge in [0.2, 0.25) is 0 Å². The molecule has 5 nitrogen and oxygen atoms in total. The van der Waals surface area contributed by atoms with E-state index in [0.717, 1.165) is 16.8 Å². The fourth-order valence-electron chi connectivity index (χ4n) is 1.97. The lowest BCUT2D eigenvalue weighted by Gasteiger charge is -2.14. The Kier molecular flexibility index (Phi) is 4.30. The maximum absolute atomic E-state index is 11.9. The lowest BCUT2D eigenvalue weighted by molar-refractivity contribution is 0.249. The molecule has 0 saturated carbocycles. The molecular weight excluding hydrogens is 252 g/mol. The van der Waals surface area contributed by atoms with E-state index < -0.39 is 0 Å². The quantitative estimate of drug-likeness (QED) is 0.901. The highest BCUT2D eigenvalue weighted by atomic mass is 16.2. The van der Waals surface area contributed by atoms with E-state index in [1.807, 2.05) is 45.0 Å². The topological polar surface area (TPSA) is 66.9 Å². The summed E-state index contributed by atoms with van der Waals surface area (Å²) in [6.07, 6.45) is 3.44. The van der Waals surface area contributed by atoms with Gasteiger partial charge >= 0.3 is 6.03 Å². The summed E-state index contributed by atoms with van der Waals surface area (Å²) in [6.45, 7) is 5.77. The molecule has 0 fully saturated rings. The van der Waals surface area contributed by atoms with Gasteiger partial charge in [0.05, 0.1) is 6.04 Å². The maximum atomic E-state index is 11.9. The van der Waals surface area contributed by atoms with Crippen molar-refractivity contribution in [2.45, 2.75) is 26.8 Å². The molecule has 0 aromatic carbocycles. The third kappa shape index (κ3) is 3.78. The third-order valence-electron chi connectivity index (χ3n) is 2.87. The second kappa shape index (κ2) is 6.14. The van der Waals surface area contributed by atoms with E-state index in [4.69, 9.17) is 0 Å². The van der Waals surface area contributed by atoms with Crippen LogP contribution in [-0.4, -0.2) is 16.0 Å². The molecule has 2 heterocycles. The highest BCUT2D eigenvalue weighted by molar-refractivity contribution is 5.88. The van der Waals surface area contributed by atoms with Crippen LogP contribution in [0.3, 0.4) is 0 Å². The summed E-state index contributed by atoms with van der Waals surface area (Å²) in [5, 5.41) is 5.60. The Morgan fingerprint density at radius 3 is 2.75 bits per heavy atom. The van der Waals surface area contributed by atoms with E-state index in [1.165, 1.54) is 0 Å². The van der Waals surface area contributed by atoms with Crippen LogP contribution >= 0.6 is 0 Å². The number of anilines is 1. The number of rotatable bonds is 3. The highest BCUT2D eigenvalue weighted by Gasteiger charge is 2.10. The monoisotopic (exact) mass is 270 g/mol. The van der Waals surface area contributed by atoms with E-state index in [1.54, 1.807) is 12.4 Å². The molecule has 1 unspecified atom stereocenters. The van der Waals surface area contributed by atoms with E-state index in [2.05, 4.69) is 20.6 Å². The summed E-state index contributed by atoms with van der Waals surface area (Å²) < 4.78 is 0. The van der Waals surface area contributed by atoms with Gasteiger partial charge in [0.1, 0.15) is 5.82 Å². The number of aromatic nitrogens is 2. The summed E-state index contributed by atoms with van der Waals surface area (Å²) in [5.74, 6) is 0.554. The van der Waals surface area contributed by atoms with Gasteiger partial charge in [-0.2, -0.15) is 0 Å². The van der Waals surface area contributed by atoms with Gasteiger partial charge in [0, 0.05) is 18.1 Å². The average molecular weight is 270 g/mol. The van der Waals surface area contributed by atoms with Crippen LogP contribution in [0.4, 0.5) is 10.6 Å². The van der Waals surface area contributed by atoms with Crippen molar-refractivity contribution in [3.05, 3.63) is 53.5 Å². The Balaban J connectivity index is 1.99. The lowest BCUT2D eigenvalue weighted by atomic mass is 10.1. The first-order chi connectivity index (χ1) is 9.54. The predicted molar refractivity (Wildman–Crippen MR) is 78.5 cm³/mol. The lowest BCUT2D eigenvalue weighted by Crippen LogP contribution is -2.31. The second-order valence-electron chi connectivity index (χ2n) is 4.78. The Bertz CT molecular complexity index is 578. The van der Waals surface area contributed by atoms with Crippen molar-refractivity contribution in [1.82, 2.24) is 15.3 Å². The average Bonchev–Trinajstić information content (AvgIpc) is 2.38. The van der Waals surface area contributed by atoms with Crippen LogP contribution in [0.1, 0.15) is 29.8 Å². The number of amides is 2. The van der Waals surface area contributed by atoms with Crippen LogP contribution in [0, 0.1) is 13.8 Å². The molecular formula is C15H18N4O. The van der Waals surface area contributed by atoms with Crippen molar-refractivity contribution in [2.24, 2.45) is 0 Å². The summed E-state index contributed by atoms with van der Waals surface area (Å²) in [7, 11) is 0. The van der Waals surface area contributed by atoms with Crippen molar-refractivity contribution in [1.29, 1.82) is 0 Å². The number of aryl methyl sites for hydroxylation is 2. The highest BCUT2D eigenvalue weighted by Crippen LogP contribution is 2.11. The van der Waals surface area contributed by atoms with Gasteiger partial charge in [0.15, 0.2) is 0 Å². The first-order valence-corrected chi connectivity index (χ1v) is 6.47. The van der Waals surface area contributed by atoms with Crippen molar-refractivity contribution in [3.63, 3.8) is 0 Å². The Labute approximate surface area is 118 Å². The van der Waals surface area contributed by atoms with Crippen molar-refractivity contribution >= 4 is 11.8 Å². The summed E-state index contributed by atoms with van der Waals surface area (Å²) in [4.78, 5) is 20.2. The van der Waals surface area contributed by atoms with Crippen LogP contribution < -0.4 is 10.6 Å². The molecule has 0 saturated heterocycles. The fourth-order valence-corrected chi connectivity index (χ4v) is 1.97. The van der Waals surface area contributed by atoms with Crippen LogP contribution in [-0.2, 0) is 0 Å². The molecule has 2 N–H and O–H groups in total. The first-order valence-electron chi connectivity index (χ1n) is 6.47. The molecule has 104 valence electrons.